The number of carbonyl (C=O) groups is 1. The molecule has 0 aromatic carbocycles. The molecule has 1 rings (SSSR count). The van der Waals surface area contributed by atoms with Gasteiger partial charge in [-0.2, -0.15) is 0 Å². The minimum atomic E-state index is 0.109. The molecule has 0 radical (unpaired) electrons. The highest BCUT2D eigenvalue weighted by atomic mass is 16.2. The van der Waals surface area contributed by atoms with Crippen LogP contribution in [-0.2, 0) is 4.79 Å². The van der Waals surface area contributed by atoms with Gasteiger partial charge in [-0.3, -0.25) is 4.79 Å². The van der Waals surface area contributed by atoms with E-state index in [9.17, 15) is 4.79 Å². The molecule has 1 fully saturated rings. The molecule has 1 amide bonds. The van der Waals surface area contributed by atoms with Crippen LogP contribution in [-0.4, -0.2) is 29.9 Å². The lowest BCUT2D eigenvalue weighted by atomic mass is 9.78. The van der Waals surface area contributed by atoms with Gasteiger partial charge in [0, 0.05) is 25.6 Å². The quantitative estimate of drug-likeness (QED) is 0.842. The molecular weight excluding hydrogens is 224 g/mol. The van der Waals surface area contributed by atoms with Crippen molar-refractivity contribution in [2.24, 2.45) is 16.6 Å². The predicted molar refractivity (Wildman–Crippen MR) is 76.3 cm³/mol. The molecule has 3 heteroatoms. The normalized spacial score (nSPS) is 24.1. The van der Waals surface area contributed by atoms with Crippen molar-refractivity contribution in [3.63, 3.8) is 0 Å². The Bertz CT molecular complexity index is 291. The summed E-state index contributed by atoms with van der Waals surface area (Å²) in [6.45, 7) is 12.6. The third-order valence-electron chi connectivity index (χ3n) is 4.12. The molecule has 1 heterocycles. The van der Waals surface area contributed by atoms with E-state index in [1.54, 1.807) is 0 Å². The van der Waals surface area contributed by atoms with E-state index < -0.39 is 0 Å². The second kappa shape index (κ2) is 5.60. The van der Waals surface area contributed by atoms with Crippen molar-refractivity contribution in [2.45, 2.75) is 66.3 Å². The average molecular weight is 254 g/mol. The van der Waals surface area contributed by atoms with E-state index in [1.807, 2.05) is 4.90 Å². The summed E-state index contributed by atoms with van der Waals surface area (Å²) in [5.74, 6) is 0.283. The zero-order chi connectivity index (χ0) is 14.0. The lowest BCUT2D eigenvalue weighted by molar-refractivity contribution is -0.133. The smallest absolute Gasteiger partial charge is 0.222 e. The molecule has 1 saturated heterocycles. The summed E-state index contributed by atoms with van der Waals surface area (Å²) in [6.07, 6.45) is 3.77. The second-order valence-corrected chi connectivity index (χ2v) is 7.60. The van der Waals surface area contributed by atoms with Gasteiger partial charge in [0.05, 0.1) is 0 Å². The van der Waals surface area contributed by atoms with Crippen molar-refractivity contribution in [2.75, 3.05) is 13.1 Å². The zero-order valence-corrected chi connectivity index (χ0v) is 12.8. The minimum absolute atomic E-state index is 0.109. The molecule has 18 heavy (non-hydrogen) atoms. The van der Waals surface area contributed by atoms with Gasteiger partial charge in [0.1, 0.15) is 0 Å². The molecular formula is C15H30N2O. The molecule has 1 atom stereocenters. The summed E-state index contributed by atoms with van der Waals surface area (Å²) in [5, 5.41) is 0. The van der Waals surface area contributed by atoms with E-state index >= 15 is 0 Å². The molecule has 0 aromatic rings. The SMILES string of the molecule is CC(C)(C)CCCC(=O)N1CCC(C)(C)C(N)C1. The van der Waals surface area contributed by atoms with Crippen molar-refractivity contribution in [3.8, 4) is 0 Å². The first-order valence-corrected chi connectivity index (χ1v) is 7.15. The van der Waals surface area contributed by atoms with Crippen LogP contribution in [0, 0.1) is 10.8 Å². The van der Waals surface area contributed by atoms with Gasteiger partial charge in [0.15, 0.2) is 0 Å². The van der Waals surface area contributed by atoms with Crippen molar-refractivity contribution < 1.29 is 4.79 Å². The monoisotopic (exact) mass is 254 g/mol. The predicted octanol–water partition coefficient (Wildman–Crippen LogP) is 2.79. The number of nitrogens with zero attached hydrogens (tertiary/aromatic N) is 1. The first-order valence-electron chi connectivity index (χ1n) is 7.15. The van der Waals surface area contributed by atoms with Crippen LogP contribution < -0.4 is 5.73 Å². The van der Waals surface area contributed by atoms with Gasteiger partial charge in [-0.15, -0.1) is 0 Å². The summed E-state index contributed by atoms with van der Waals surface area (Å²) >= 11 is 0. The Labute approximate surface area is 112 Å². The highest BCUT2D eigenvalue weighted by Gasteiger charge is 2.34. The summed E-state index contributed by atoms with van der Waals surface area (Å²) in [5.41, 5.74) is 6.63. The lowest BCUT2D eigenvalue weighted by Crippen LogP contribution is -2.54. The van der Waals surface area contributed by atoms with Crippen LogP contribution in [0.5, 0.6) is 0 Å². The molecule has 1 aliphatic heterocycles. The first-order chi connectivity index (χ1) is 8.12. The van der Waals surface area contributed by atoms with Crippen LogP contribution in [0.25, 0.3) is 0 Å². The Kier molecular flexibility index (Phi) is 4.82. The van der Waals surface area contributed by atoms with E-state index in [-0.39, 0.29) is 17.4 Å². The highest BCUT2D eigenvalue weighted by molar-refractivity contribution is 5.76. The number of nitrogens with two attached hydrogens (primary N) is 1. The van der Waals surface area contributed by atoms with E-state index in [2.05, 4.69) is 34.6 Å². The summed E-state index contributed by atoms with van der Waals surface area (Å²) in [6, 6.07) is 0.109. The van der Waals surface area contributed by atoms with Gasteiger partial charge in [-0.25, -0.2) is 0 Å². The Balaban J connectivity index is 2.36. The third kappa shape index (κ3) is 4.60. The maximum Gasteiger partial charge on any atom is 0.222 e. The second-order valence-electron chi connectivity index (χ2n) is 7.60. The van der Waals surface area contributed by atoms with Crippen molar-refractivity contribution in [3.05, 3.63) is 0 Å². The molecule has 2 N–H and O–H groups in total. The third-order valence-corrected chi connectivity index (χ3v) is 4.12. The number of hydrogen-bond donors (Lipinski definition) is 1. The van der Waals surface area contributed by atoms with Gasteiger partial charge >= 0.3 is 0 Å². The number of carbonyl (C=O) groups excluding carboxylic acids is 1. The van der Waals surface area contributed by atoms with Gasteiger partial charge in [0.25, 0.3) is 0 Å². The fourth-order valence-corrected chi connectivity index (χ4v) is 2.34. The zero-order valence-electron chi connectivity index (χ0n) is 12.8. The number of likely N-dealkylation sites (tertiary alicyclic amines) is 1. The molecule has 0 aromatic heterocycles. The number of hydrogen-bond acceptors (Lipinski definition) is 2. The molecule has 1 unspecified atom stereocenters. The van der Waals surface area contributed by atoms with E-state index in [0.29, 0.717) is 11.8 Å². The van der Waals surface area contributed by atoms with Gasteiger partial charge in [-0.05, 0) is 30.1 Å². The molecule has 106 valence electrons. The molecule has 0 spiro atoms. The van der Waals surface area contributed by atoms with Gasteiger partial charge < -0.3 is 10.6 Å². The Hall–Kier alpha value is -0.570. The minimum Gasteiger partial charge on any atom is -0.341 e. The van der Waals surface area contributed by atoms with Gasteiger partial charge in [-0.1, -0.05) is 34.6 Å². The fourth-order valence-electron chi connectivity index (χ4n) is 2.34. The molecule has 1 aliphatic rings. The lowest BCUT2D eigenvalue weighted by Gasteiger charge is -2.42. The van der Waals surface area contributed by atoms with Crippen molar-refractivity contribution in [1.29, 1.82) is 0 Å². The van der Waals surface area contributed by atoms with Gasteiger partial charge in [0.2, 0.25) is 5.91 Å². The van der Waals surface area contributed by atoms with Crippen LogP contribution in [0.1, 0.15) is 60.3 Å². The largest absolute Gasteiger partial charge is 0.341 e. The molecule has 3 nitrogen and oxygen atoms in total. The topological polar surface area (TPSA) is 46.3 Å². The van der Waals surface area contributed by atoms with E-state index in [1.165, 1.54) is 0 Å². The van der Waals surface area contributed by atoms with Crippen LogP contribution in [0.15, 0.2) is 0 Å². The fraction of sp³-hybridized carbons (Fsp3) is 0.933. The molecule has 0 aliphatic carbocycles. The summed E-state index contributed by atoms with van der Waals surface area (Å²) < 4.78 is 0. The number of piperidine rings is 1. The standard InChI is InChI=1S/C15H30N2O/c1-14(2,3)8-6-7-13(18)17-10-9-15(4,5)12(16)11-17/h12H,6-11,16H2,1-5H3. The molecule has 0 saturated carbocycles. The summed E-state index contributed by atoms with van der Waals surface area (Å²) in [4.78, 5) is 14.1. The highest BCUT2D eigenvalue weighted by Crippen LogP contribution is 2.29. The Morgan fingerprint density at radius 1 is 1.39 bits per heavy atom. The van der Waals surface area contributed by atoms with Crippen LogP contribution in [0.4, 0.5) is 0 Å². The van der Waals surface area contributed by atoms with E-state index in [4.69, 9.17) is 5.73 Å². The molecule has 0 bridgehead atoms. The van der Waals surface area contributed by atoms with Crippen LogP contribution in [0.3, 0.4) is 0 Å². The van der Waals surface area contributed by atoms with Crippen molar-refractivity contribution >= 4 is 5.91 Å². The number of rotatable bonds is 3. The maximum atomic E-state index is 12.1. The Morgan fingerprint density at radius 2 is 2.00 bits per heavy atom. The van der Waals surface area contributed by atoms with E-state index in [0.717, 1.165) is 32.4 Å². The maximum absolute atomic E-state index is 12.1. The van der Waals surface area contributed by atoms with Crippen molar-refractivity contribution in [1.82, 2.24) is 4.90 Å². The summed E-state index contributed by atoms with van der Waals surface area (Å²) in [7, 11) is 0. The Morgan fingerprint density at radius 3 is 2.50 bits per heavy atom. The average Bonchev–Trinajstić information content (AvgIpc) is 2.20. The first kappa shape index (κ1) is 15.5. The van der Waals surface area contributed by atoms with Crippen LogP contribution in [0.2, 0.25) is 0 Å². The van der Waals surface area contributed by atoms with Crippen LogP contribution >= 0.6 is 0 Å². The number of amides is 1.